The van der Waals surface area contributed by atoms with Crippen LogP contribution >= 0.6 is 0 Å². The van der Waals surface area contributed by atoms with E-state index in [2.05, 4.69) is 29.6 Å². The number of nitrogens with zero attached hydrogens (tertiary/aromatic N) is 2. The first-order valence-electron chi connectivity index (χ1n) is 8.16. The molecule has 2 rings (SSSR count). The minimum Gasteiger partial charge on any atom is -0.314 e. The van der Waals surface area contributed by atoms with Crippen molar-refractivity contribution in [3.05, 3.63) is 29.6 Å². The Bertz CT molecular complexity index is 420. The van der Waals surface area contributed by atoms with Crippen LogP contribution < -0.4 is 5.32 Å². The molecule has 3 heteroatoms. The van der Waals surface area contributed by atoms with Crippen LogP contribution in [0.3, 0.4) is 0 Å². The Balaban J connectivity index is 1.83. The SMILES string of the molecule is CCCNC(CCc1cnn(C)c1)CC1=CCCCC1. The number of aromatic nitrogens is 2. The van der Waals surface area contributed by atoms with Crippen LogP contribution in [-0.2, 0) is 13.5 Å². The monoisotopic (exact) mass is 275 g/mol. The highest BCUT2D eigenvalue weighted by Gasteiger charge is 2.13. The van der Waals surface area contributed by atoms with Crippen molar-refractivity contribution in [3.63, 3.8) is 0 Å². The van der Waals surface area contributed by atoms with Crippen molar-refractivity contribution in [1.82, 2.24) is 15.1 Å². The molecular formula is C17H29N3. The van der Waals surface area contributed by atoms with Crippen molar-refractivity contribution in [1.29, 1.82) is 0 Å². The van der Waals surface area contributed by atoms with Crippen LogP contribution in [0.1, 0.15) is 57.4 Å². The molecule has 1 aromatic rings. The Labute approximate surface area is 123 Å². The van der Waals surface area contributed by atoms with Crippen molar-refractivity contribution < 1.29 is 0 Å². The summed E-state index contributed by atoms with van der Waals surface area (Å²) in [6, 6.07) is 0.625. The van der Waals surface area contributed by atoms with E-state index in [1.807, 2.05) is 17.9 Å². The molecular weight excluding hydrogens is 246 g/mol. The van der Waals surface area contributed by atoms with Gasteiger partial charge in [-0.1, -0.05) is 18.6 Å². The van der Waals surface area contributed by atoms with Crippen molar-refractivity contribution in [2.75, 3.05) is 6.54 Å². The zero-order valence-electron chi connectivity index (χ0n) is 13.1. The maximum atomic E-state index is 4.26. The molecule has 0 saturated carbocycles. The number of nitrogens with one attached hydrogen (secondary N) is 1. The normalized spacial score (nSPS) is 17.0. The molecule has 0 fully saturated rings. The Kier molecular flexibility index (Phi) is 6.31. The third-order valence-corrected chi connectivity index (χ3v) is 4.12. The van der Waals surface area contributed by atoms with E-state index in [9.17, 15) is 0 Å². The summed E-state index contributed by atoms with van der Waals surface area (Å²) in [5.74, 6) is 0. The molecule has 0 bridgehead atoms. The first kappa shape index (κ1) is 15.3. The maximum Gasteiger partial charge on any atom is 0.0521 e. The van der Waals surface area contributed by atoms with Crippen LogP contribution in [-0.4, -0.2) is 22.4 Å². The van der Waals surface area contributed by atoms with E-state index >= 15 is 0 Å². The Hall–Kier alpha value is -1.09. The summed E-state index contributed by atoms with van der Waals surface area (Å²) < 4.78 is 1.90. The minimum absolute atomic E-state index is 0.625. The summed E-state index contributed by atoms with van der Waals surface area (Å²) in [6.07, 6.45) is 16.8. The van der Waals surface area contributed by atoms with Crippen LogP contribution in [0, 0.1) is 0 Å². The van der Waals surface area contributed by atoms with Gasteiger partial charge in [-0.15, -0.1) is 0 Å². The Morgan fingerprint density at radius 2 is 2.30 bits per heavy atom. The summed E-state index contributed by atoms with van der Waals surface area (Å²) >= 11 is 0. The van der Waals surface area contributed by atoms with Gasteiger partial charge in [0.1, 0.15) is 0 Å². The van der Waals surface area contributed by atoms with Gasteiger partial charge in [0.05, 0.1) is 6.20 Å². The van der Waals surface area contributed by atoms with Crippen LogP contribution in [0.15, 0.2) is 24.0 Å². The zero-order chi connectivity index (χ0) is 14.2. The lowest BCUT2D eigenvalue weighted by molar-refractivity contribution is 0.466. The molecule has 1 N–H and O–H groups in total. The van der Waals surface area contributed by atoms with Crippen molar-refractivity contribution in [2.24, 2.45) is 7.05 Å². The highest BCUT2D eigenvalue weighted by molar-refractivity contribution is 5.08. The van der Waals surface area contributed by atoms with Gasteiger partial charge in [-0.05, 0) is 63.5 Å². The zero-order valence-corrected chi connectivity index (χ0v) is 13.1. The first-order chi connectivity index (χ1) is 9.78. The van der Waals surface area contributed by atoms with Gasteiger partial charge >= 0.3 is 0 Å². The lowest BCUT2D eigenvalue weighted by Crippen LogP contribution is -2.31. The van der Waals surface area contributed by atoms with Crippen LogP contribution in [0.4, 0.5) is 0 Å². The molecule has 1 aliphatic carbocycles. The van der Waals surface area contributed by atoms with Gasteiger partial charge in [-0.3, -0.25) is 4.68 Å². The first-order valence-corrected chi connectivity index (χ1v) is 8.16. The summed E-state index contributed by atoms with van der Waals surface area (Å²) in [5.41, 5.74) is 3.03. The van der Waals surface area contributed by atoms with Gasteiger partial charge < -0.3 is 5.32 Å². The number of hydrogen-bond donors (Lipinski definition) is 1. The molecule has 20 heavy (non-hydrogen) atoms. The van der Waals surface area contributed by atoms with E-state index in [1.54, 1.807) is 5.57 Å². The number of aryl methyl sites for hydroxylation is 2. The molecule has 0 radical (unpaired) electrons. The fourth-order valence-electron chi connectivity index (χ4n) is 2.97. The third kappa shape index (κ3) is 5.12. The predicted octanol–water partition coefficient (Wildman–Crippen LogP) is 3.61. The highest BCUT2D eigenvalue weighted by atomic mass is 15.2. The molecule has 1 aromatic heterocycles. The Morgan fingerprint density at radius 3 is 2.95 bits per heavy atom. The van der Waals surface area contributed by atoms with E-state index in [0.29, 0.717) is 6.04 Å². The third-order valence-electron chi connectivity index (χ3n) is 4.12. The van der Waals surface area contributed by atoms with E-state index in [-0.39, 0.29) is 0 Å². The topological polar surface area (TPSA) is 29.9 Å². The summed E-state index contributed by atoms with van der Waals surface area (Å²) in [4.78, 5) is 0. The molecule has 0 saturated heterocycles. The van der Waals surface area contributed by atoms with Gasteiger partial charge in [0, 0.05) is 19.3 Å². The van der Waals surface area contributed by atoms with Gasteiger partial charge in [-0.25, -0.2) is 0 Å². The molecule has 0 aliphatic heterocycles. The van der Waals surface area contributed by atoms with Crippen LogP contribution in [0.2, 0.25) is 0 Å². The summed E-state index contributed by atoms with van der Waals surface area (Å²) in [7, 11) is 1.99. The number of allylic oxidation sites excluding steroid dienone is 1. The molecule has 1 aliphatic rings. The van der Waals surface area contributed by atoms with Gasteiger partial charge in [0.2, 0.25) is 0 Å². The van der Waals surface area contributed by atoms with E-state index in [4.69, 9.17) is 0 Å². The molecule has 0 spiro atoms. The van der Waals surface area contributed by atoms with Gasteiger partial charge in [-0.2, -0.15) is 5.10 Å². The quantitative estimate of drug-likeness (QED) is 0.735. The summed E-state index contributed by atoms with van der Waals surface area (Å²) in [6.45, 7) is 3.37. The standard InChI is InChI=1S/C17H29N3/c1-3-11-18-17(12-15-7-5-4-6-8-15)10-9-16-13-19-20(2)14-16/h7,13-14,17-18H,3-6,8-12H2,1-2H3. The van der Waals surface area contributed by atoms with E-state index in [0.717, 1.165) is 13.0 Å². The van der Waals surface area contributed by atoms with E-state index in [1.165, 1.54) is 50.5 Å². The molecule has 3 nitrogen and oxygen atoms in total. The molecule has 112 valence electrons. The average Bonchev–Trinajstić information content (AvgIpc) is 2.88. The van der Waals surface area contributed by atoms with Crippen LogP contribution in [0.25, 0.3) is 0 Å². The smallest absolute Gasteiger partial charge is 0.0521 e. The minimum atomic E-state index is 0.625. The van der Waals surface area contributed by atoms with Gasteiger partial charge in [0.25, 0.3) is 0 Å². The van der Waals surface area contributed by atoms with Crippen molar-refractivity contribution >= 4 is 0 Å². The molecule has 1 unspecified atom stereocenters. The largest absolute Gasteiger partial charge is 0.314 e. The second kappa shape index (κ2) is 8.25. The molecule has 1 heterocycles. The summed E-state index contributed by atoms with van der Waals surface area (Å²) in [5, 5.41) is 7.98. The lowest BCUT2D eigenvalue weighted by atomic mass is 9.92. The van der Waals surface area contributed by atoms with E-state index < -0.39 is 0 Å². The second-order valence-corrected chi connectivity index (χ2v) is 6.02. The molecule has 0 aromatic carbocycles. The fourth-order valence-corrected chi connectivity index (χ4v) is 2.97. The molecule has 0 amide bonds. The number of hydrogen-bond acceptors (Lipinski definition) is 2. The average molecular weight is 275 g/mol. The second-order valence-electron chi connectivity index (χ2n) is 6.02. The predicted molar refractivity (Wildman–Crippen MR) is 84.8 cm³/mol. The van der Waals surface area contributed by atoms with Crippen LogP contribution in [0.5, 0.6) is 0 Å². The maximum absolute atomic E-state index is 4.26. The highest BCUT2D eigenvalue weighted by Crippen LogP contribution is 2.22. The Morgan fingerprint density at radius 1 is 1.40 bits per heavy atom. The fraction of sp³-hybridized carbons (Fsp3) is 0.706. The molecule has 1 atom stereocenters. The lowest BCUT2D eigenvalue weighted by Gasteiger charge is -2.22. The van der Waals surface area contributed by atoms with Gasteiger partial charge in [0.15, 0.2) is 0 Å². The number of rotatable bonds is 8. The van der Waals surface area contributed by atoms with Crippen molar-refractivity contribution in [2.45, 2.75) is 64.3 Å². The van der Waals surface area contributed by atoms with Crippen molar-refractivity contribution in [3.8, 4) is 0 Å².